The van der Waals surface area contributed by atoms with Gasteiger partial charge in [-0.1, -0.05) is 41.9 Å². The van der Waals surface area contributed by atoms with Crippen molar-refractivity contribution >= 4 is 34.5 Å². The van der Waals surface area contributed by atoms with Gasteiger partial charge in [-0.2, -0.15) is 0 Å². The molecular formula is C21H21ClN2OS. The summed E-state index contributed by atoms with van der Waals surface area (Å²) >= 11 is 7.59. The SMILES string of the molecule is O=C(Cc1cccs1)Nc1ccc(CCNCc2cccc(Cl)c2)cc1. The lowest BCUT2D eigenvalue weighted by Crippen LogP contribution is -2.16. The fourth-order valence-corrected chi connectivity index (χ4v) is 3.56. The van der Waals surface area contributed by atoms with Crippen molar-refractivity contribution in [2.45, 2.75) is 19.4 Å². The van der Waals surface area contributed by atoms with Crippen molar-refractivity contribution in [1.29, 1.82) is 0 Å². The molecule has 0 saturated carbocycles. The van der Waals surface area contributed by atoms with Crippen LogP contribution in [0.5, 0.6) is 0 Å². The van der Waals surface area contributed by atoms with Gasteiger partial charge in [0.15, 0.2) is 0 Å². The molecule has 1 amide bonds. The van der Waals surface area contributed by atoms with Gasteiger partial charge in [0.25, 0.3) is 0 Å². The molecule has 0 spiro atoms. The van der Waals surface area contributed by atoms with Gasteiger partial charge in [0.05, 0.1) is 6.42 Å². The van der Waals surface area contributed by atoms with E-state index in [1.807, 2.05) is 47.8 Å². The Morgan fingerprint density at radius 3 is 2.58 bits per heavy atom. The maximum Gasteiger partial charge on any atom is 0.229 e. The van der Waals surface area contributed by atoms with Crippen molar-refractivity contribution < 1.29 is 4.79 Å². The molecule has 0 aliphatic heterocycles. The smallest absolute Gasteiger partial charge is 0.229 e. The first-order chi connectivity index (χ1) is 12.7. The number of halogens is 1. The zero-order valence-corrected chi connectivity index (χ0v) is 15.9. The highest BCUT2D eigenvalue weighted by molar-refractivity contribution is 7.10. The molecule has 134 valence electrons. The molecule has 1 aromatic heterocycles. The van der Waals surface area contributed by atoms with Crippen molar-refractivity contribution in [1.82, 2.24) is 5.32 Å². The van der Waals surface area contributed by atoms with Crippen LogP contribution in [0.4, 0.5) is 5.69 Å². The van der Waals surface area contributed by atoms with Crippen molar-refractivity contribution in [3.8, 4) is 0 Å². The van der Waals surface area contributed by atoms with Gasteiger partial charge in [-0.05, 0) is 59.8 Å². The lowest BCUT2D eigenvalue weighted by Gasteiger charge is -2.08. The van der Waals surface area contributed by atoms with Gasteiger partial charge in [-0.15, -0.1) is 11.3 Å². The van der Waals surface area contributed by atoms with Crippen LogP contribution in [0.15, 0.2) is 66.0 Å². The molecule has 3 aromatic rings. The Labute approximate surface area is 163 Å². The van der Waals surface area contributed by atoms with E-state index in [1.54, 1.807) is 11.3 Å². The Hall–Kier alpha value is -2.14. The molecule has 2 aromatic carbocycles. The number of hydrogen-bond donors (Lipinski definition) is 2. The van der Waals surface area contributed by atoms with Gasteiger partial charge >= 0.3 is 0 Å². The number of amides is 1. The summed E-state index contributed by atoms with van der Waals surface area (Å²) < 4.78 is 0. The molecule has 0 bridgehead atoms. The van der Waals surface area contributed by atoms with Crippen LogP contribution < -0.4 is 10.6 Å². The second-order valence-electron chi connectivity index (χ2n) is 6.06. The number of hydrogen-bond acceptors (Lipinski definition) is 3. The Morgan fingerprint density at radius 2 is 1.85 bits per heavy atom. The Kier molecular flexibility index (Phi) is 6.83. The number of anilines is 1. The van der Waals surface area contributed by atoms with E-state index in [0.29, 0.717) is 6.42 Å². The third kappa shape index (κ3) is 5.99. The number of nitrogens with one attached hydrogen (secondary N) is 2. The fraction of sp³-hybridized carbons (Fsp3) is 0.190. The molecule has 0 aliphatic rings. The molecule has 0 aliphatic carbocycles. The lowest BCUT2D eigenvalue weighted by atomic mass is 10.1. The molecule has 3 nitrogen and oxygen atoms in total. The van der Waals surface area contributed by atoms with E-state index in [-0.39, 0.29) is 5.91 Å². The first-order valence-electron chi connectivity index (χ1n) is 8.55. The molecule has 1 heterocycles. The van der Waals surface area contributed by atoms with E-state index >= 15 is 0 Å². The molecule has 0 atom stereocenters. The summed E-state index contributed by atoms with van der Waals surface area (Å²) in [5.41, 5.74) is 3.25. The molecule has 0 fully saturated rings. The topological polar surface area (TPSA) is 41.1 Å². The number of rotatable bonds is 8. The van der Waals surface area contributed by atoms with Crippen LogP contribution in [0.1, 0.15) is 16.0 Å². The van der Waals surface area contributed by atoms with E-state index in [4.69, 9.17) is 11.6 Å². The number of carbonyl (C=O) groups is 1. The van der Waals surface area contributed by atoms with Gasteiger partial charge in [-0.25, -0.2) is 0 Å². The molecular weight excluding hydrogens is 364 g/mol. The molecule has 0 unspecified atom stereocenters. The van der Waals surface area contributed by atoms with Crippen molar-refractivity contribution in [3.05, 3.63) is 87.1 Å². The van der Waals surface area contributed by atoms with Crippen LogP contribution in [0, 0.1) is 0 Å². The van der Waals surface area contributed by atoms with Crippen LogP contribution in [0.25, 0.3) is 0 Å². The summed E-state index contributed by atoms with van der Waals surface area (Å²) in [5.74, 6) is 0.0170. The zero-order valence-electron chi connectivity index (χ0n) is 14.4. The first kappa shape index (κ1) is 18.6. The molecule has 2 N–H and O–H groups in total. The predicted octanol–water partition coefficient (Wildman–Crippen LogP) is 4.92. The number of benzene rings is 2. The highest BCUT2D eigenvalue weighted by Gasteiger charge is 2.05. The highest BCUT2D eigenvalue weighted by Crippen LogP contribution is 2.13. The summed E-state index contributed by atoms with van der Waals surface area (Å²) in [4.78, 5) is 13.1. The van der Waals surface area contributed by atoms with Crippen molar-refractivity contribution in [2.24, 2.45) is 0 Å². The minimum absolute atomic E-state index is 0.0170. The summed E-state index contributed by atoms with van der Waals surface area (Å²) in [6, 6.07) is 19.8. The Balaban J connectivity index is 1.40. The average molecular weight is 385 g/mol. The summed E-state index contributed by atoms with van der Waals surface area (Å²) in [6.07, 6.45) is 1.36. The van der Waals surface area contributed by atoms with Gasteiger partial charge in [0, 0.05) is 22.1 Å². The van der Waals surface area contributed by atoms with Gasteiger partial charge in [0.2, 0.25) is 5.91 Å². The van der Waals surface area contributed by atoms with E-state index in [0.717, 1.165) is 35.1 Å². The first-order valence-corrected chi connectivity index (χ1v) is 9.81. The molecule has 5 heteroatoms. The lowest BCUT2D eigenvalue weighted by molar-refractivity contribution is -0.115. The third-order valence-corrected chi connectivity index (χ3v) is 5.07. The van der Waals surface area contributed by atoms with Crippen molar-refractivity contribution in [2.75, 3.05) is 11.9 Å². The third-order valence-electron chi connectivity index (χ3n) is 3.96. The van der Waals surface area contributed by atoms with E-state index < -0.39 is 0 Å². The summed E-state index contributed by atoms with van der Waals surface area (Å²) in [5, 5.41) is 9.11. The van der Waals surface area contributed by atoms with E-state index in [2.05, 4.69) is 28.8 Å². The standard InChI is InChI=1S/C21H21ClN2OS/c22-18-4-1-3-17(13-18)15-23-11-10-16-6-8-19(9-7-16)24-21(25)14-20-5-2-12-26-20/h1-9,12-13,23H,10-11,14-15H2,(H,24,25). The van der Waals surface area contributed by atoms with E-state index in [1.165, 1.54) is 11.1 Å². The Bertz CT molecular complexity index is 831. The van der Waals surface area contributed by atoms with Crippen LogP contribution in [0.3, 0.4) is 0 Å². The summed E-state index contributed by atoms with van der Waals surface area (Å²) in [6.45, 7) is 1.69. The average Bonchev–Trinajstić information content (AvgIpc) is 3.13. The maximum atomic E-state index is 12.0. The quantitative estimate of drug-likeness (QED) is 0.541. The highest BCUT2D eigenvalue weighted by atomic mass is 35.5. The zero-order chi connectivity index (χ0) is 18.2. The van der Waals surface area contributed by atoms with Crippen LogP contribution >= 0.6 is 22.9 Å². The molecule has 0 saturated heterocycles. The normalized spacial score (nSPS) is 10.7. The monoisotopic (exact) mass is 384 g/mol. The minimum Gasteiger partial charge on any atom is -0.326 e. The van der Waals surface area contributed by atoms with Gasteiger partial charge in [0.1, 0.15) is 0 Å². The van der Waals surface area contributed by atoms with Gasteiger partial charge in [-0.3, -0.25) is 4.79 Å². The van der Waals surface area contributed by atoms with Crippen LogP contribution in [-0.4, -0.2) is 12.5 Å². The molecule has 0 radical (unpaired) electrons. The summed E-state index contributed by atoms with van der Waals surface area (Å²) in [7, 11) is 0. The number of thiophene rings is 1. The number of carbonyl (C=O) groups excluding carboxylic acids is 1. The largest absolute Gasteiger partial charge is 0.326 e. The van der Waals surface area contributed by atoms with Gasteiger partial charge < -0.3 is 10.6 Å². The predicted molar refractivity (Wildman–Crippen MR) is 110 cm³/mol. The van der Waals surface area contributed by atoms with Crippen LogP contribution in [0.2, 0.25) is 5.02 Å². The maximum absolute atomic E-state index is 12.0. The second kappa shape index (κ2) is 9.53. The fourth-order valence-electron chi connectivity index (χ4n) is 2.64. The second-order valence-corrected chi connectivity index (χ2v) is 7.53. The molecule has 26 heavy (non-hydrogen) atoms. The van der Waals surface area contributed by atoms with Crippen molar-refractivity contribution in [3.63, 3.8) is 0 Å². The molecule has 3 rings (SSSR count). The van der Waals surface area contributed by atoms with E-state index in [9.17, 15) is 4.79 Å². The Morgan fingerprint density at radius 1 is 1.00 bits per heavy atom. The van der Waals surface area contributed by atoms with Crippen LogP contribution in [-0.2, 0) is 24.2 Å². The minimum atomic E-state index is 0.0170.